The van der Waals surface area contributed by atoms with Gasteiger partial charge in [0.15, 0.2) is 5.78 Å². The van der Waals surface area contributed by atoms with Gasteiger partial charge in [0.1, 0.15) is 12.4 Å². The van der Waals surface area contributed by atoms with Crippen LogP contribution in [0.3, 0.4) is 0 Å². The molecule has 3 heteroatoms. The summed E-state index contributed by atoms with van der Waals surface area (Å²) in [5, 5.41) is 0.675. The molecule has 0 saturated heterocycles. The van der Waals surface area contributed by atoms with Crippen molar-refractivity contribution in [2.24, 2.45) is 0 Å². The van der Waals surface area contributed by atoms with Gasteiger partial charge < -0.3 is 4.74 Å². The predicted octanol–water partition coefficient (Wildman–Crippen LogP) is 4.80. The van der Waals surface area contributed by atoms with Gasteiger partial charge in [-0.1, -0.05) is 42.5 Å². The smallest absolute Gasteiger partial charge is 0.185 e. The number of hydrogen-bond acceptors (Lipinski definition) is 2. The Balaban J connectivity index is 2.02. The summed E-state index contributed by atoms with van der Waals surface area (Å²) in [5.74, 6) is 0.661. The Kier molecular flexibility index (Phi) is 5.35. The molecule has 0 aromatic heterocycles. The molecule has 0 aliphatic carbocycles. The molecule has 2 nitrogen and oxygen atoms in total. The lowest BCUT2D eigenvalue weighted by Gasteiger charge is -2.03. The average Bonchev–Trinajstić information content (AvgIpc) is 2.52. The van der Waals surface area contributed by atoms with E-state index in [1.165, 1.54) is 0 Å². The Labute approximate surface area is 129 Å². The second-order valence-electron chi connectivity index (χ2n) is 4.37. The summed E-state index contributed by atoms with van der Waals surface area (Å²) in [5.41, 5.74) is 1.55. The van der Waals surface area contributed by atoms with Crippen molar-refractivity contribution in [1.29, 1.82) is 0 Å². The molecule has 0 heterocycles. The summed E-state index contributed by atoms with van der Waals surface area (Å²) in [4.78, 5) is 12.0. The highest BCUT2D eigenvalue weighted by Crippen LogP contribution is 2.14. The first-order valence-corrected chi connectivity index (χ1v) is 6.88. The van der Waals surface area contributed by atoms with E-state index in [-0.39, 0.29) is 5.78 Å². The van der Waals surface area contributed by atoms with Gasteiger partial charge in [-0.2, -0.15) is 0 Å². The molecule has 0 unspecified atom stereocenters. The minimum Gasteiger partial charge on any atom is -0.490 e. The van der Waals surface area contributed by atoms with Crippen LogP contribution in [0.4, 0.5) is 0 Å². The average molecular weight is 299 g/mol. The highest BCUT2D eigenvalue weighted by molar-refractivity contribution is 6.30. The predicted molar refractivity (Wildman–Crippen MR) is 87.0 cm³/mol. The van der Waals surface area contributed by atoms with Gasteiger partial charge in [0.2, 0.25) is 0 Å². The van der Waals surface area contributed by atoms with Crippen molar-refractivity contribution in [2.75, 3.05) is 6.61 Å². The van der Waals surface area contributed by atoms with E-state index in [2.05, 4.69) is 6.58 Å². The van der Waals surface area contributed by atoms with Crippen LogP contribution in [0.15, 0.2) is 67.3 Å². The molecule has 2 rings (SSSR count). The van der Waals surface area contributed by atoms with Gasteiger partial charge in [0.05, 0.1) is 0 Å². The Hall–Kier alpha value is -2.32. The van der Waals surface area contributed by atoms with E-state index in [9.17, 15) is 4.79 Å². The first kappa shape index (κ1) is 15.1. The minimum atomic E-state index is -0.0554. The lowest BCUT2D eigenvalue weighted by molar-refractivity contribution is 0.104. The molecule has 0 aliphatic heterocycles. The number of hydrogen-bond donors (Lipinski definition) is 0. The fraction of sp³-hybridized carbons (Fsp3) is 0.0556. The zero-order valence-electron chi connectivity index (χ0n) is 11.5. The summed E-state index contributed by atoms with van der Waals surface area (Å²) in [6.45, 7) is 4.03. The van der Waals surface area contributed by atoms with Crippen LogP contribution >= 0.6 is 11.6 Å². The van der Waals surface area contributed by atoms with Crippen molar-refractivity contribution in [3.05, 3.63) is 83.4 Å². The summed E-state index contributed by atoms with van der Waals surface area (Å²) in [6.07, 6.45) is 4.98. The SMILES string of the molecule is C=CCOc1ccc(C(=O)/C=C/c2ccc(Cl)cc2)cc1. The van der Waals surface area contributed by atoms with Crippen LogP contribution < -0.4 is 4.74 Å². The molecule has 0 radical (unpaired) electrons. The van der Waals surface area contributed by atoms with Crippen LogP contribution in [0.5, 0.6) is 5.75 Å². The van der Waals surface area contributed by atoms with Gasteiger partial charge in [-0.05, 0) is 48.0 Å². The van der Waals surface area contributed by atoms with Crippen molar-refractivity contribution in [3.63, 3.8) is 0 Å². The molecule has 106 valence electrons. The van der Waals surface area contributed by atoms with Crippen LogP contribution in [-0.2, 0) is 0 Å². The number of benzene rings is 2. The van der Waals surface area contributed by atoms with Gasteiger partial charge in [-0.15, -0.1) is 0 Å². The van der Waals surface area contributed by atoms with E-state index in [4.69, 9.17) is 16.3 Å². The molecular formula is C18H15ClO2. The van der Waals surface area contributed by atoms with E-state index in [1.54, 1.807) is 54.6 Å². The molecule has 0 saturated carbocycles. The van der Waals surface area contributed by atoms with E-state index in [0.29, 0.717) is 22.9 Å². The lowest BCUT2D eigenvalue weighted by Crippen LogP contribution is -1.96. The molecule has 0 N–H and O–H groups in total. The fourth-order valence-corrected chi connectivity index (χ4v) is 1.84. The summed E-state index contributed by atoms with van der Waals surface area (Å²) < 4.78 is 5.37. The molecule has 0 aliphatic rings. The van der Waals surface area contributed by atoms with E-state index < -0.39 is 0 Å². The van der Waals surface area contributed by atoms with Crippen molar-refractivity contribution in [1.82, 2.24) is 0 Å². The maximum atomic E-state index is 12.0. The van der Waals surface area contributed by atoms with E-state index >= 15 is 0 Å². The van der Waals surface area contributed by atoms with Crippen molar-refractivity contribution >= 4 is 23.5 Å². The Bertz CT molecular complexity index is 640. The Morgan fingerprint density at radius 2 is 1.76 bits per heavy atom. The van der Waals surface area contributed by atoms with Gasteiger partial charge in [-0.3, -0.25) is 4.79 Å². The number of carbonyl (C=O) groups is 1. The highest BCUT2D eigenvalue weighted by Gasteiger charge is 2.02. The number of ether oxygens (including phenoxy) is 1. The molecule has 0 bridgehead atoms. The highest BCUT2D eigenvalue weighted by atomic mass is 35.5. The maximum absolute atomic E-state index is 12.0. The monoisotopic (exact) mass is 298 g/mol. The van der Waals surface area contributed by atoms with Crippen LogP contribution in [0.25, 0.3) is 6.08 Å². The molecule has 0 fully saturated rings. The number of ketones is 1. The largest absolute Gasteiger partial charge is 0.490 e. The quantitative estimate of drug-likeness (QED) is 0.435. The topological polar surface area (TPSA) is 26.3 Å². The van der Waals surface area contributed by atoms with Crippen molar-refractivity contribution in [3.8, 4) is 5.75 Å². The standard InChI is InChI=1S/C18H15ClO2/c1-2-13-21-17-10-6-15(7-11-17)18(20)12-5-14-3-8-16(19)9-4-14/h2-12H,1,13H2/b12-5+. The molecule has 0 amide bonds. The summed E-state index contributed by atoms with van der Waals surface area (Å²) in [7, 11) is 0. The zero-order chi connectivity index (χ0) is 15.1. The number of allylic oxidation sites excluding steroid dienone is 1. The second kappa shape index (κ2) is 7.46. The van der Waals surface area contributed by atoms with Crippen LogP contribution in [-0.4, -0.2) is 12.4 Å². The first-order chi connectivity index (χ1) is 10.2. The second-order valence-corrected chi connectivity index (χ2v) is 4.81. The normalized spacial score (nSPS) is 10.5. The Morgan fingerprint density at radius 1 is 1.10 bits per heavy atom. The Morgan fingerprint density at radius 3 is 2.38 bits per heavy atom. The third kappa shape index (κ3) is 4.62. The molecule has 0 atom stereocenters. The van der Waals surface area contributed by atoms with E-state index in [1.807, 2.05) is 12.1 Å². The van der Waals surface area contributed by atoms with Gasteiger partial charge in [0.25, 0.3) is 0 Å². The lowest BCUT2D eigenvalue weighted by atomic mass is 10.1. The molecule has 2 aromatic rings. The molecule has 21 heavy (non-hydrogen) atoms. The van der Waals surface area contributed by atoms with Gasteiger partial charge >= 0.3 is 0 Å². The van der Waals surface area contributed by atoms with Crippen LogP contribution in [0, 0.1) is 0 Å². The van der Waals surface area contributed by atoms with E-state index in [0.717, 1.165) is 5.56 Å². The molecular weight excluding hydrogens is 284 g/mol. The number of rotatable bonds is 6. The first-order valence-electron chi connectivity index (χ1n) is 6.51. The molecule has 0 spiro atoms. The summed E-state index contributed by atoms with van der Waals surface area (Å²) in [6, 6.07) is 14.3. The van der Waals surface area contributed by atoms with Crippen molar-refractivity contribution < 1.29 is 9.53 Å². The maximum Gasteiger partial charge on any atom is 0.185 e. The molecule has 2 aromatic carbocycles. The third-order valence-corrected chi connectivity index (χ3v) is 3.06. The minimum absolute atomic E-state index is 0.0554. The fourth-order valence-electron chi connectivity index (χ4n) is 1.71. The van der Waals surface area contributed by atoms with Gasteiger partial charge in [0, 0.05) is 10.6 Å². The third-order valence-electron chi connectivity index (χ3n) is 2.80. The number of halogens is 1. The van der Waals surface area contributed by atoms with Crippen molar-refractivity contribution in [2.45, 2.75) is 0 Å². The zero-order valence-corrected chi connectivity index (χ0v) is 12.2. The van der Waals surface area contributed by atoms with Crippen LogP contribution in [0.1, 0.15) is 15.9 Å². The summed E-state index contributed by atoms with van der Waals surface area (Å²) >= 11 is 5.81. The van der Waals surface area contributed by atoms with Crippen LogP contribution in [0.2, 0.25) is 5.02 Å². The number of carbonyl (C=O) groups excluding carboxylic acids is 1. The van der Waals surface area contributed by atoms with Gasteiger partial charge in [-0.25, -0.2) is 0 Å².